The molecular weight excluding hydrogens is 344 g/mol. The van der Waals surface area contributed by atoms with Crippen molar-refractivity contribution in [1.82, 2.24) is 4.90 Å². The Bertz CT molecular complexity index is 730. The van der Waals surface area contributed by atoms with Crippen molar-refractivity contribution in [1.29, 1.82) is 0 Å². The van der Waals surface area contributed by atoms with Gasteiger partial charge in [0.2, 0.25) is 0 Å². The molecule has 0 amide bonds. The maximum absolute atomic E-state index is 11.9. The maximum Gasteiger partial charge on any atom is 0.337 e. The van der Waals surface area contributed by atoms with Gasteiger partial charge in [0.15, 0.2) is 0 Å². The summed E-state index contributed by atoms with van der Waals surface area (Å²) >= 11 is 0. The number of esters is 1. The zero-order valence-electron chi connectivity index (χ0n) is 15.6. The number of nitrogens with zero attached hydrogens (tertiary/aromatic N) is 1. The Balaban J connectivity index is 1.65. The van der Waals surface area contributed by atoms with Gasteiger partial charge in [-0.2, -0.15) is 0 Å². The Morgan fingerprint density at radius 2 is 1.93 bits per heavy atom. The third-order valence-corrected chi connectivity index (χ3v) is 4.49. The number of hydrogen-bond acceptors (Lipinski definition) is 6. The summed E-state index contributed by atoms with van der Waals surface area (Å²) < 4.78 is 16.2. The molecule has 0 unspecified atom stereocenters. The molecule has 1 aliphatic heterocycles. The molecular formula is C21H26N2O4. The lowest BCUT2D eigenvalue weighted by Gasteiger charge is -2.26. The molecule has 1 N–H and O–H groups in total. The minimum absolute atomic E-state index is 0.360. The molecule has 1 heterocycles. The number of methoxy groups -OCH3 is 1. The van der Waals surface area contributed by atoms with Gasteiger partial charge >= 0.3 is 5.97 Å². The van der Waals surface area contributed by atoms with Crippen LogP contribution >= 0.6 is 0 Å². The van der Waals surface area contributed by atoms with Crippen molar-refractivity contribution >= 4 is 11.7 Å². The minimum atomic E-state index is -0.360. The molecule has 1 aliphatic rings. The third-order valence-electron chi connectivity index (χ3n) is 4.49. The Hall–Kier alpha value is -2.57. The average molecular weight is 370 g/mol. The van der Waals surface area contributed by atoms with Crippen molar-refractivity contribution in [3.63, 3.8) is 0 Å². The highest BCUT2D eigenvalue weighted by Gasteiger charge is 2.13. The molecule has 1 fully saturated rings. The quantitative estimate of drug-likeness (QED) is 0.721. The van der Waals surface area contributed by atoms with E-state index in [2.05, 4.69) is 10.2 Å². The van der Waals surface area contributed by atoms with Crippen molar-refractivity contribution < 1.29 is 19.0 Å². The van der Waals surface area contributed by atoms with Crippen LogP contribution in [0.5, 0.6) is 5.75 Å². The molecule has 0 aliphatic carbocycles. The zero-order chi connectivity index (χ0) is 18.9. The number of nitrogens with one attached hydrogen (secondary N) is 1. The SMILES string of the molecule is COC(=O)c1ccc(OCc2ccccc2)c(NCCN2CCOCC2)c1. The van der Waals surface area contributed by atoms with E-state index in [4.69, 9.17) is 14.2 Å². The van der Waals surface area contributed by atoms with E-state index in [1.165, 1.54) is 7.11 Å². The summed E-state index contributed by atoms with van der Waals surface area (Å²) in [4.78, 5) is 14.2. The molecule has 0 bridgehead atoms. The van der Waals surface area contributed by atoms with Crippen molar-refractivity contribution in [3.05, 3.63) is 59.7 Å². The van der Waals surface area contributed by atoms with E-state index in [0.29, 0.717) is 17.9 Å². The van der Waals surface area contributed by atoms with E-state index in [-0.39, 0.29) is 5.97 Å². The fourth-order valence-electron chi connectivity index (χ4n) is 2.95. The molecule has 0 atom stereocenters. The largest absolute Gasteiger partial charge is 0.487 e. The highest BCUT2D eigenvalue weighted by atomic mass is 16.5. The summed E-state index contributed by atoms with van der Waals surface area (Å²) in [7, 11) is 1.38. The van der Waals surface area contributed by atoms with Gasteiger partial charge in [-0.1, -0.05) is 30.3 Å². The number of ether oxygens (including phenoxy) is 3. The van der Waals surface area contributed by atoms with Crippen LogP contribution in [0.25, 0.3) is 0 Å². The van der Waals surface area contributed by atoms with Gasteiger partial charge in [0.05, 0.1) is 31.6 Å². The molecule has 0 aromatic heterocycles. The van der Waals surface area contributed by atoms with E-state index in [1.54, 1.807) is 12.1 Å². The van der Waals surface area contributed by atoms with E-state index in [9.17, 15) is 4.79 Å². The molecule has 144 valence electrons. The monoisotopic (exact) mass is 370 g/mol. The standard InChI is InChI=1S/C21H26N2O4/c1-25-21(24)18-7-8-20(27-16-17-5-3-2-4-6-17)19(15-18)22-9-10-23-11-13-26-14-12-23/h2-8,15,22H,9-14,16H2,1H3. The van der Waals surface area contributed by atoms with Crippen LogP contribution < -0.4 is 10.1 Å². The molecule has 0 spiro atoms. The molecule has 27 heavy (non-hydrogen) atoms. The van der Waals surface area contributed by atoms with Crippen LogP contribution in [-0.4, -0.2) is 57.4 Å². The smallest absolute Gasteiger partial charge is 0.337 e. The second-order valence-electron chi connectivity index (χ2n) is 6.36. The maximum atomic E-state index is 11.9. The molecule has 2 aromatic rings. The van der Waals surface area contributed by atoms with E-state index in [0.717, 1.165) is 50.6 Å². The van der Waals surface area contributed by atoms with Crippen LogP contribution in [0.4, 0.5) is 5.69 Å². The molecule has 2 aromatic carbocycles. The summed E-state index contributed by atoms with van der Waals surface area (Å²) in [5.74, 6) is 0.356. The second kappa shape index (κ2) is 9.94. The first kappa shape index (κ1) is 19.2. The van der Waals surface area contributed by atoms with Gasteiger partial charge in [-0.3, -0.25) is 4.90 Å². The normalized spacial score (nSPS) is 14.6. The number of carbonyl (C=O) groups excluding carboxylic acids is 1. The summed E-state index contributed by atoms with van der Waals surface area (Å²) in [6.45, 7) is 5.59. The number of carbonyl (C=O) groups is 1. The first-order valence-corrected chi connectivity index (χ1v) is 9.19. The summed E-state index contributed by atoms with van der Waals surface area (Å²) in [5, 5.41) is 3.40. The van der Waals surface area contributed by atoms with Gasteiger partial charge in [-0.25, -0.2) is 4.79 Å². The lowest BCUT2D eigenvalue weighted by Crippen LogP contribution is -2.39. The van der Waals surface area contributed by atoms with Gasteiger partial charge in [-0.15, -0.1) is 0 Å². The molecule has 6 heteroatoms. The number of anilines is 1. The Labute approximate surface area is 160 Å². The Kier molecular flexibility index (Phi) is 7.07. The lowest BCUT2D eigenvalue weighted by atomic mass is 10.2. The first-order valence-electron chi connectivity index (χ1n) is 9.19. The third kappa shape index (κ3) is 5.70. The Morgan fingerprint density at radius 1 is 1.15 bits per heavy atom. The highest BCUT2D eigenvalue weighted by Crippen LogP contribution is 2.27. The van der Waals surface area contributed by atoms with Gasteiger partial charge in [0.1, 0.15) is 12.4 Å². The summed E-state index contributed by atoms with van der Waals surface area (Å²) in [6, 6.07) is 15.3. The van der Waals surface area contributed by atoms with Gasteiger partial charge < -0.3 is 19.5 Å². The van der Waals surface area contributed by atoms with Crippen LogP contribution in [0.3, 0.4) is 0 Å². The fourth-order valence-corrected chi connectivity index (χ4v) is 2.95. The highest BCUT2D eigenvalue weighted by molar-refractivity contribution is 5.91. The van der Waals surface area contributed by atoms with Gasteiger partial charge in [0, 0.05) is 26.2 Å². The van der Waals surface area contributed by atoms with Crippen molar-refractivity contribution in [2.45, 2.75) is 6.61 Å². The van der Waals surface area contributed by atoms with Crippen LogP contribution in [0.2, 0.25) is 0 Å². The molecule has 1 saturated heterocycles. The fraction of sp³-hybridized carbons (Fsp3) is 0.381. The topological polar surface area (TPSA) is 60.0 Å². The van der Waals surface area contributed by atoms with Crippen LogP contribution in [-0.2, 0) is 16.1 Å². The number of morpholine rings is 1. The van der Waals surface area contributed by atoms with E-state index < -0.39 is 0 Å². The number of hydrogen-bond donors (Lipinski definition) is 1. The van der Waals surface area contributed by atoms with Crippen molar-refractivity contribution in [3.8, 4) is 5.75 Å². The molecule has 3 rings (SSSR count). The van der Waals surface area contributed by atoms with Crippen LogP contribution in [0.15, 0.2) is 48.5 Å². The Morgan fingerprint density at radius 3 is 2.67 bits per heavy atom. The van der Waals surface area contributed by atoms with E-state index in [1.807, 2.05) is 36.4 Å². The summed E-state index contributed by atoms with van der Waals surface area (Å²) in [5.41, 5.74) is 2.38. The molecule has 0 saturated carbocycles. The van der Waals surface area contributed by atoms with Crippen molar-refractivity contribution in [2.24, 2.45) is 0 Å². The zero-order valence-corrected chi connectivity index (χ0v) is 15.6. The predicted octanol–water partition coefficient (Wildman–Crippen LogP) is 2.80. The van der Waals surface area contributed by atoms with Crippen LogP contribution in [0.1, 0.15) is 15.9 Å². The second-order valence-corrected chi connectivity index (χ2v) is 6.36. The summed E-state index contributed by atoms with van der Waals surface area (Å²) in [6.07, 6.45) is 0. The number of rotatable bonds is 8. The lowest BCUT2D eigenvalue weighted by molar-refractivity contribution is 0.0398. The number of benzene rings is 2. The van der Waals surface area contributed by atoms with Crippen LogP contribution in [0, 0.1) is 0 Å². The minimum Gasteiger partial charge on any atom is -0.487 e. The molecule has 0 radical (unpaired) electrons. The van der Waals surface area contributed by atoms with E-state index >= 15 is 0 Å². The predicted molar refractivity (Wildman–Crippen MR) is 104 cm³/mol. The van der Waals surface area contributed by atoms with Gasteiger partial charge in [0.25, 0.3) is 0 Å². The van der Waals surface area contributed by atoms with Gasteiger partial charge in [-0.05, 0) is 23.8 Å². The molecule has 6 nitrogen and oxygen atoms in total. The average Bonchev–Trinajstić information content (AvgIpc) is 2.73. The first-order chi connectivity index (χ1) is 13.3. The van der Waals surface area contributed by atoms with Crippen molar-refractivity contribution in [2.75, 3.05) is 51.8 Å².